The van der Waals surface area contributed by atoms with Gasteiger partial charge in [-0.25, -0.2) is 4.79 Å². The molecule has 4 nitrogen and oxygen atoms in total. The van der Waals surface area contributed by atoms with Crippen LogP contribution in [0.25, 0.3) is 0 Å². The summed E-state index contributed by atoms with van der Waals surface area (Å²) in [4.78, 5) is 14.1. The van der Waals surface area contributed by atoms with Crippen molar-refractivity contribution in [2.75, 3.05) is 25.0 Å². The Kier molecular flexibility index (Phi) is 3.62. The maximum Gasteiger partial charge on any atom is 0.321 e. The molecule has 3 rings (SSSR count). The molecule has 2 fully saturated rings. The van der Waals surface area contributed by atoms with Gasteiger partial charge in [-0.3, -0.25) is 0 Å². The van der Waals surface area contributed by atoms with E-state index in [2.05, 4.69) is 10.6 Å². The molecular formula is C14H18ClN3O. The number of likely N-dealkylation sites (tertiary alicyclic amines) is 1. The minimum atomic E-state index is -0.0153. The summed E-state index contributed by atoms with van der Waals surface area (Å²) < 4.78 is 0. The number of hydrogen-bond acceptors (Lipinski definition) is 2. The van der Waals surface area contributed by atoms with E-state index in [0.717, 1.165) is 25.3 Å². The standard InChI is InChI=1S/C14H18ClN3O/c15-11-3-5-12(6-4-11)17-14(19)18-8-10-2-1-7-16-13(10)9-18/h3-6,10,13,16H,1-2,7-9H2,(H,17,19). The fourth-order valence-electron chi connectivity index (χ4n) is 2.95. The van der Waals surface area contributed by atoms with E-state index in [1.807, 2.05) is 17.0 Å². The van der Waals surface area contributed by atoms with Crippen LogP contribution in [0.5, 0.6) is 0 Å². The summed E-state index contributed by atoms with van der Waals surface area (Å²) in [5.41, 5.74) is 0.789. The monoisotopic (exact) mass is 279 g/mol. The Labute approximate surface area is 118 Å². The first-order valence-electron chi connectivity index (χ1n) is 6.77. The van der Waals surface area contributed by atoms with Gasteiger partial charge in [-0.15, -0.1) is 0 Å². The van der Waals surface area contributed by atoms with E-state index in [0.29, 0.717) is 17.0 Å². The molecule has 0 radical (unpaired) electrons. The van der Waals surface area contributed by atoms with E-state index < -0.39 is 0 Å². The Morgan fingerprint density at radius 2 is 2.11 bits per heavy atom. The van der Waals surface area contributed by atoms with Crippen LogP contribution in [-0.2, 0) is 0 Å². The third-order valence-corrected chi connectivity index (χ3v) is 4.23. The molecule has 2 heterocycles. The van der Waals surface area contributed by atoms with Crippen LogP contribution >= 0.6 is 11.6 Å². The van der Waals surface area contributed by atoms with Crippen LogP contribution in [0.3, 0.4) is 0 Å². The molecule has 102 valence electrons. The molecule has 1 aromatic carbocycles. The van der Waals surface area contributed by atoms with Crippen molar-refractivity contribution < 1.29 is 4.79 Å². The second-order valence-corrected chi connectivity index (χ2v) is 5.74. The van der Waals surface area contributed by atoms with Gasteiger partial charge in [0.05, 0.1) is 0 Å². The van der Waals surface area contributed by atoms with Gasteiger partial charge < -0.3 is 15.5 Å². The number of fused-ring (bicyclic) bond motifs is 1. The van der Waals surface area contributed by atoms with E-state index in [-0.39, 0.29) is 6.03 Å². The second-order valence-electron chi connectivity index (χ2n) is 5.30. The van der Waals surface area contributed by atoms with E-state index in [9.17, 15) is 4.79 Å². The fraction of sp³-hybridized carbons (Fsp3) is 0.500. The average Bonchev–Trinajstić information content (AvgIpc) is 2.85. The Bertz CT molecular complexity index is 448. The lowest BCUT2D eigenvalue weighted by atomic mass is 9.94. The molecule has 2 atom stereocenters. The summed E-state index contributed by atoms with van der Waals surface area (Å²) >= 11 is 5.83. The largest absolute Gasteiger partial charge is 0.323 e. The molecule has 2 aliphatic heterocycles. The minimum absolute atomic E-state index is 0.0153. The number of rotatable bonds is 1. The van der Waals surface area contributed by atoms with Crippen molar-refractivity contribution in [1.82, 2.24) is 10.2 Å². The van der Waals surface area contributed by atoms with E-state index in [1.54, 1.807) is 12.1 Å². The van der Waals surface area contributed by atoms with Crippen LogP contribution in [0, 0.1) is 5.92 Å². The molecule has 2 N–H and O–H groups in total. The molecule has 19 heavy (non-hydrogen) atoms. The van der Waals surface area contributed by atoms with Crippen LogP contribution in [-0.4, -0.2) is 36.6 Å². The van der Waals surface area contributed by atoms with Gasteiger partial charge in [-0.1, -0.05) is 11.6 Å². The number of urea groups is 1. The smallest absolute Gasteiger partial charge is 0.321 e. The van der Waals surface area contributed by atoms with Gasteiger partial charge in [0, 0.05) is 29.8 Å². The summed E-state index contributed by atoms with van der Waals surface area (Å²) in [5.74, 6) is 0.615. The van der Waals surface area contributed by atoms with E-state index in [1.165, 1.54) is 12.8 Å². The van der Waals surface area contributed by atoms with Crippen molar-refractivity contribution in [2.45, 2.75) is 18.9 Å². The second kappa shape index (κ2) is 5.39. The Morgan fingerprint density at radius 3 is 2.84 bits per heavy atom. The van der Waals surface area contributed by atoms with Crippen molar-refractivity contribution in [3.05, 3.63) is 29.3 Å². The molecular weight excluding hydrogens is 262 g/mol. The van der Waals surface area contributed by atoms with Crippen molar-refractivity contribution in [3.63, 3.8) is 0 Å². The van der Waals surface area contributed by atoms with Gasteiger partial charge in [0.15, 0.2) is 0 Å². The highest BCUT2D eigenvalue weighted by molar-refractivity contribution is 6.30. The zero-order chi connectivity index (χ0) is 13.2. The number of benzene rings is 1. The Balaban J connectivity index is 1.60. The molecule has 1 aromatic rings. The highest BCUT2D eigenvalue weighted by Gasteiger charge is 2.36. The lowest BCUT2D eigenvalue weighted by Gasteiger charge is -2.24. The molecule has 0 saturated carbocycles. The third kappa shape index (κ3) is 2.85. The molecule has 0 aromatic heterocycles. The Morgan fingerprint density at radius 1 is 1.32 bits per heavy atom. The number of nitrogens with one attached hydrogen (secondary N) is 2. The van der Waals surface area contributed by atoms with Crippen LogP contribution in [0.2, 0.25) is 5.02 Å². The van der Waals surface area contributed by atoms with Crippen molar-refractivity contribution in [3.8, 4) is 0 Å². The first kappa shape index (κ1) is 12.8. The molecule has 2 aliphatic rings. The molecule has 0 bridgehead atoms. The fourth-order valence-corrected chi connectivity index (χ4v) is 3.07. The van der Waals surface area contributed by atoms with Crippen LogP contribution < -0.4 is 10.6 Å². The number of nitrogens with zero attached hydrogens (tertiary/aromatic N) is 1. The highest BCUT2D eigenvalue weighted by Crippen LogP contribution is 2.25. The number of halogens is 1. The van der Waals surface area contributed by atoms with Crippen molar-refractivity contribution in [2.24, 2.45) is 5.92 Å². The predicted molar refractivity (Wildman–Crippen MR) is 76.6 cm³/mol. The third-order valence-electron chi connectivity index (χ3n) is 3.98. The van der Waals surface area contributed by atoms with Gasteiger partial charge in [-0.05, 0) is 49.6 Å². The normalized spacial score (nSPS) is 26.1. The first-order valence-corrected chi connectivity index (χ1v) is 7.15. The van der Waals surface area contributed by atoms with Gasteiger partial charge in [-0.2, -0.15) is 0 Å². The maximum atomic E-state index is 12.2. The van der Waals surface area contributed by atoms with Gasteiger partial charge >= 0.3 is 6.03 Å². The number of hydrogen-bond donors (Lipinski definition) is 2. The SMILES string of the molecule is O=C(Nc1ccc(Cl)cc1)N1CC2CCCNC2C1. The first-order chi connectivity index (χ1) is 9.22. The van der Waals surface area contributed by atoms with Gasteiger partial charge in [0.2, 0.25) is 0 Å². The number of carbonyl (C=O) groups is 1. The number of anilines is 1. The summed E-state index contributed by atoms with van der Waals surface area (Å²) in [5, 5.41) is 7.09. The number of carbonyl (C=O) groups excluding carboxylic acids is 1. The zero-order valence-corrected chi connectivity index (χ0v) is 11.5. The van der Waals surface area contributed by atoms with E-state index in [4.69, 9.17) is 11.6 Å². The molecule has 2 unspecified atom stereocenters. The molecule has 2 amide bonds. The summed E-state index contributed by atoms with van der Waals surface area (Å²) in [6.45, 7) is 2.75. The van der Waals surface area contributed by atoms with Crippen molar-refractivity contribution >= 4 is 23.3 Å². The van der Waals surface area contributed by atoms with Gasteiger partial charge in [0.1, 0.15) is 0 Å². The minimum Gasteiger partial charge on any atom is -0.323 e. The molecule has 5 heteroatoms. The molecule has 0 spiro atoms. The Hall–Kier alpha value is -1.26. The van der Waals surface area contributed by atoms with Gasteiger partial charge in [0.25, 0.3) is 0 Å². The maximum absolute atomic E-state index is 12.2. The topological polar surface area (TPSA) is 44.4 Å². The summed E-state index contributed by atoms with van der Waals surface area (Å²) in [7, 11) is 0. The molecule has 0 aliphatic carbocycles. The predicted octanol–water partition coefficient (Wildman–Crippen LogP) is 2.56. The quantitative estimate of drug-likeness (QED) is 0.830. The summed E-state index contributed by atoms with van der Waals surface area (Å²) in [6.07, 6.45) is 2.44. The van der Waals surface area contributed by atoms with Crippen molar-refractivity contribution in [1.29, 1.82) is 0 Å². The van der Waals surface area contributed by atoms with E-state index >= 15 is 0 Å². The van der Waals surface area contributed by atoms with Crippen LogP contribution in [0.4, 0.5) is 10.5 Å². The summed E-state index contributed by atoms with van der Waals surface area (Å²) in [6, 6.07) is 7.66. The van der Waals surface area contributed by atoms with Crippen LogP contribution in [0.1, 0.15) is 12.8 Å². The average molecular weight is 280 g/mol. The lowest BCUT2D eigenvalue weighted by Crippen LogP contribution is -2.41. The number of piperidine rings is 1. The number of amides is 2. The molecule has 2 saturated heterocycles. The highest BCUT2D eigenvalue weighted by atomic mass is 35.5. The van der Waals surface area contributed by atoms with Crippen LogP contribution in [0.15, 0.2) is 24.3 Å². The lowest BCUT2D eigenvalue weighted by molar-refractivity contribution is 0.220. The zero-order valence-electron chi connectivity index (χ0n) is 10.7.